The van der Waals surface area contributed by atoms with Crippen LogP contribution in [0, 0.1) is 6.92 Å². The summed E-state index contributed by atoms with van der Waals surface area (Å²) in [5.74, 6) is 0.0824. The molecule has 5 heteroatoms. The molecule has 17 heavy (non-hydrogen) atoms. The second-order valence-corrected chi connectivity index (χ2v) is 6.24. The average Bonchev–Trinajstić information content (AvgIpc) is 2.20. The lowest BCUT2D eigenvalue weighted by Gasteiger charge is -2.10. The van der Waals surface area contributed by atoms with Gasteiger partial charge in [0.25, 0.3) is 0 Å². The number of rotatable bonds is 6. The Labute approximate surface area is 103 Å². The Morgan fingerprint density at radius 2 is 1.76 bits per heavy atom. The quantitative estimate of drug-likeness (QED) is 0.815. The molecule has 0 unspecified atom stereocenters. The standard InChI is InChI=1S/C12H20N2O2S/c1-10(2)13-8-9-17(15,16)14-12-6-4-11(3)5-7-12/h4-7,10,13-14H,8-9H2,1-3H3. The second kappa shape index (κ2) is 6.02. The van der Waals surface area contributed by atoms with Crippen LogP contribution >= 0.6 is 0 Å². The van der Waals surface area contributed by atoms with Crippen molar-refractivity contribution in [1.82, 2.24) is 5.32 Å². The third-order valence-corrected chi connectivity index (χ3v) is 3.54. The van der Waals surface area contributed by atoms with E-state index in [1.54, 1.807) is 12.1 Å². The molecule has 0 aliphatic heterocycles. The highest BCUT2D eigenvalue weighted by atomic mass is 32.2. The summed E-state index contributed by atoms with van der Waals surface area (Å²) in [4.78, 5) is 0. The van der Waals surface area contributed by atoms with Crippen LogP contribution < -0.4 is 10.0 Å². The van der Waals surface area contributed by atoms with E-state index in [-0.39, 0.29) is 5.75 Å². The zero-order valence-corrected chi connectivity index (χ0v) is 11.3. The molecule has 1 aromatic rings. The monoisotopic (exact) mass is 256 g/mol. The van der Waals surface area contributed by atoms with E-state index in [2.05, 4.69) is 10.0 Å². The molecule has 96 valence electrons. The number of anilines is 1. The summed E-state index contributed by atoms with van der Waals surface area (Å²) in [5, 5.41) is 3.08. The zero-order chi connectivity index (χ0) is 12.9. The number of hydrogen-bond acceptors (Lipinski definition) is 3. The van der Waals surface area contributed by atoms with E-state index < -0.39 is 10.0 Å². The molecule has 0 amide bonds. The molecule has 0 aliphatic carbocycles. The average molecular weight is 256 g/mol. The van der Waals surface area contributed by atoms with Crippen LogP contribution in [0.1, 0.15) is 19.4 Å². The summed E-state index contributed by atoms with van der Waals surface area (Å²) in [5.41, 5.74) is 1.72. The minimum atomic E-state index is -3.26. The summed E-state index contributed by atoms with van der Waals surface area (Å²) in [7, 11) is -3.26. The number of nitrogens with one attached hydrogen (secondary N) is 2. The minimum Gasteiger partial charge on any atom is -0.313 e. The van der Waals surface area contributed by atoms with Gasteiger partial charge in [0.1, 0.15) is 0 Å². The molecule has 4 nitrogen and oxygen atoms in total. The summed E-state index contributed by atoms with van der Waals surface area (Å²) in [6, 6.07) is 7.59. The Morgan fingerprint density at radius 1 is 1.18 bits per heavy atom. The molecule has 0 aliphatic rings. The van der Waals surface area contributed by atoms with Gasteiger partial charge in [-0.1, -0.05) is 31.5 Å². The fraction of sp³-hybridized carbons (Fsp3) is 0.500. The maximum atomic E-state index is 11.7. The summed E-state index contributed by atoms with van der Waals surface area (Å²) in [6.07, 6.45) is 0. The Hall–Kier alpha value is -1.07. The van der Waals surface area contributed by atoms with Gasteiger partial charge in [0, 0.05) is 18.3 Å². The van der Waals surface area contributed by atoms with Crippen molar-refractivity contribution in [2.24, 2.45) is 0 Å². The van der Waals surface area contributed by atoms with Gasteiger partial charge < -0.3 is 5.32 Å². The Morgan fingerprint density at radius 3 is 2.29 bits per heavy atom. The van der Waals surface area contributed by atoms with Gasteiger partial charge in [0.05, 0.1) is 5.75 Å². The first-order chi connectivity index (χ1) is 7.89. The van der Waals surface area contributed by atoms with Crippen molar-refractivity contribution < 1.29 is 8.42 Å². The predicted molar refractivity (Wildman–Crippen MR) is 71.7 cm³/mol. The molecular weight excluding hydrogens is 236 g/mol. The van der Waals surface area contributed by atoms with Gasteiger partial charge in [-0.05, 0) is 19.1 Å². The third kappa shape index (κ3) is 5.70. The largest absolute Gasteiger partial charge is 0.313 e. The molecule has 2 N–H and O–H groups in total. The molecule has 1 rings (SSSR count). The number of benzene rings is 1. The van der Waals surface area contributed by atoms with Crippen LogP contribution in [-0.2, 0) is 10.0 Å². The fourth-order valence-electron chi connectivity index (χ4n) is 1.33. The third-order valence-electron chi connectivity index (χ3n) is 2.25. The molecular formula is C12H20N2O2S. The Bertz CT molecular complexity index is 438. The highest BCUT2D eigenvalue weighted by Gasteiger charge is 2.09. The van der Waals surface area contributed by atoms with Gasteiger partial charge in [0.15, 0.2) is 0 Å². The minimum absolute atomic E-state index is 0.0824. The number of sulfonamides is 1. The van der Waals surface area contributed by atoms with Crippen LogP contribution in [0.15, 0.2) is 24.3 Å². The van der Waals surface area contributed by atoms with Gasteiger partial charge >= 0.3 is 0 Å². The van der Waals surface area contributed by atoms with Crippen molar-refractivity contribution in [3.05, 3.63) is 29.8 Å². The normalized spacial score (nSPS) is 11.8. The SMILES string of the molecule is Cc1ccc(NS(=O)(=O)CCNC(C)C)cc1. The van der Waals surface area contributed by atoms with E-state index in [1.165, 1.54) is 0 Å². The van der Waals surface area contributed by atoms with Crippen molar-refractivity contribution in [3.8, 4) is 0 Å². The summed E-state index contributed by atoms with van der Waals surface area (Å²) >= 11 is 0. The predicted octanol–water partition coefficient (Wildman–Crippen LogP) is 1.73. The fourth-order valence-corrected chi connectivity index (χ4v) is 2.32. The zero-order valence-electron chi connectivity index (χ0n) is 10.5. The van der Waals surface area contributed by atoms with Crippen LogP contribution in [0.5, 0.6) is 0 Å². The second-order valence-electron chi connectivity index (χ2n) is 4.40. The van der Waals surface area contributed by atoms with Crippen LogP contribution in [0.2, 0.25) is 0 Å². The van der Waals surface area contributed by atoms with E-state index in [0.29, 0.717) is 18.3 Å². The van der Waals surface area contributed by atoms with Crippen molar-refractivity contribution in [3.63, 3.8) is 0 Å². The Balaban J connectivity index is 2.52. The lowest BCUT2D eigenvalue weighted by molar-refractivity contribution is 0.582. The van der Waals surface area contributed by atoms with Gasteiger partial charge in [0.2, 0.25) is 10.0 Å². The molecule has 0 bridgehead atoms. The van der Waals surface area contributed by atoms with Gasteiger partial charge in [-0.2, -0.15) is 0 Å². The van der Waals surface area contributed by atoms with Crippen molar-refractivity contribution in [1.29, 1.82) is 0 Å². The first-order valence-electron chi connectivity index (χ1n) is 5.69. The lowest BCUT2D eigenvalue weighted by Crippen LogP contribution is -2.30. The highest BCUT2D eigenvalue weighted by molar-refractivity contribution is 7.92. The molecule has 0 atom stereocenters. The molecule has 0 radical (unpaired) electrons. The van der Waals surface area contributed by atoms with Gasteiger partial charge in [-0.25, -0.2) is 8.42 Å². The molecule has 0 saturated carbocycles. The molecule has 0 heterocycles. The highest BCUT2D eigenvalue weighted by Crippen LogP contribution is 2.10. The molecule has 0 spiro atoms. The topological polar surface area (TPSA) is 58.2 Å². The Kier molecular flexibility index (Phi) is 4.96. The lowest BCUT2D eigenvalue weighted by atomic mass is 10.2. The van der Waals surface area contributed by atoms with E-state index >= 15 is 0 Å². The molecule has 0 saturated heterocycles. The van der Waals surface area contributed by atoms with E-state index in [0.717, 1.165) is 5.56 Å². The van der Waals surface area contributed by atoms with Gasteiger partial charge in [-0.15, -0.1) is 0 Å². The van der Waals surface area contributed by atoms with Crippen molar-refractivity contribution >= 4 is 15.7 Å². The van der Waals surface area contributed by atoms with E-state index in [4.69, 9.17) is 0 Å². The summed E-state index contributed by atoms with van der Waals surface area (Å²) < 4.78 is 26.0. The maximum Gasteiger partial charge on any atom is 0.233 e. The van der Waals surface area contributed by atoms with Crippen molar-refractivity contribution in [2.75, 3.05) is 17.0 Å². The number of aryl methyl sites for hydroxylation is 1. The first kappa shape index (κ1) is 14.0. The smallest absolute Gasteiger partial charge is 0.233 e. The van der Waals surface area contributed by atoms with Crippen LogP contribution in [0.25, 0.3) is 0 Å². The first-order valence-corrected chi connectivity index (χ1v) is 7.35. The molecule has 0 aromatic heterocycles. The summed E-state index contributed by atoms with van der Waals surface area (Å²) in [6.45, 7) is 6.39. The molecule has 0 fully saturated rings. The van der Waals surface area contributed by atoms with Crippen LogP contribution in [-0.4, -0.2) is 26.8 Å². The van der Waals surface area contributed by atoms with Crippen LogP contribution in [0.3, 0.4) is 0 Å². The van der Waals surface area contributed by atoms with E-state index in [9.17, 15) is 8.42 Å². The molecule has 1 aromatic carbocycles. The van der Waals surface area contributed by atoms with E-state index in [1.807, 2.05) is 32.9 Å². The van der Waals surface area contributed by atoms with Gasteiger partial charge in [-0.3, -0.25) is 4.72 Å². The van der Waals surface area contributed by atoms with Crippen molar-refractivity contribution in [2.45, 2.75) is 26.8 Å². The maximum absolute atomic E-state index is 11.7. The van der Waals surface area contributed by atoms with Crippen LogP contribution in [0.4, 0.5) is 5.69 Å². The number of hydrogen-bond donors (Lipinski definition) is 2.